The summed E-state index contributed by atoms with van der Waals surface area (Å²) in [5.74, 6) is 1.05. The van der Waals surface area contributed by atoms with Crippen molar-refractivity contribution in [3.8, 4) is 5.75 Å². The van der Waals surface area contributed by atoms with Gasteiger partial charge in [0.2, 0.25) is 0 Å². The molecule has 1 aliphatic heterocycles. The minimum Gasteiger partial charge on any atom is -0.488 e. The maximum atomic E-state index is 5.08. The maximum Gasteiger partial charge on any atom is 0.126 e. The van der Waals surface area contributed by atoms with Crippen LogP contribution in [0.1, 0.15) is 32.3 Å². The molecular weight excluding hydrogens is 148 g/mol. The summed E-state index contributed by atoms with van der Waals surface area (Å²) in [5, 5.41) is 0. The molecule has 0 bridgehead atoms. The van der Waals surface area contributed by atoms with E-state index in [0.29, 0.717) is 0 Å². The first-order chi connectivity index (χ1) is 5.88. The number of ether oxygens (including phenoxy) is 1. The zero-order chi connectivity index (χ0) is 8.81. The van der Waals surface area contributed by atoms with Gasteiger partial charge in [-0.05, 0) is 6.07 Å². The lowest BCUT2D eigenvalue weighted by molar-refractivity contribution is 0.243. The van der Waals surface area contributed by atoms with Crippen molar-refractivity contribution in [1.82, 2.24) is 0 Å². The molecule has 2 rings (SSSR count). The molecule has 0 atom stereocenters. The summed E-state index contributed by atoms with van der Waals surface area (Å²) in [6.45, 7) is 5.16. The van der Waals surface area contributed by atoms with Gasteiger partial charge in [-0.25, -0.2) is 0 Å². The molecule has 0 saturated heterocycles. The standard InChI is InChI=1S/C7H6O.C4H10/c1-2-4-7-6(3-1)5-8-7;1-3-4-2/h1-4H,5H2;3-4H2,1-2H3. The van der Waals surface area contributed by atoms with Gasteiger partial charge in [-0.3, -0.25) is 0 Å². The first-order valence-corrected chi connectivity index (χ1v) is 4.59. The number of para-hydroxylation sites is 1. The monoisotopic (exact) mass is 164 g/mol. The fourth-order valence-electron chi connectivity index (χ4n) is 0.839. The summed E-state index contributed by atoms with van der Waals surface area (Å²) < 4.78 is 5.08. The molecule has 1 heterocycles. The normalized spacial score (nSPS) is 11.5. The first kappa shape index (κ1) is 9.11. The minimum atomic E-state index is 0.802. The van der Waals surface area contributed by atoms with Crippen LogP contribution in [-0.2, 0) is 6.61 Å². The lowest BCUT2D eigenvalue weighted by atomic mass is 10.1. The summed E-state index contributed by atoms with van der Waals surface area (Å²) in [6.07, 6.45) is 2.64. The van der Waals surface area contributed by atoms with Crippen molar-refractivity contribution in [2.75, 3.05) is 0 Å². The lowest BCUT2D eigenvalue weighted by Crippen LogP contribution is -2.07. The Morgan fingerprint density at radius 1 is 1.17 bits per heavy atom. The summed E-state index contributed by atoms with van der Waals surface area (Å²) in [6, 6.07) is 8.08. The van der Waals surface area contributed by atoms with Gasteiger partial charge in [0.1, 0.15) is 12.4 Å². The van der Waals surface area contributed by atoms with E-state index in [4.69, 9.17) is 4.74 Å². The molecule has 0 amide bonds. The number of unbranched alkanes of at least 4 members (excludes halogenated alkanes) is 1. The third-order valence-corrected chi connectivity index (χ3v) is 1.86. The molecule has 12 heavy (non-hydrogen) atoms. The highest BCUT2D eigenvalue weighted by Gasteiger charge is 2.10. The molecule has 0 N–H and O–H groups in total. The van der Waals surface area contributed by atoms with Crippen molar-refractivity contribution < 1.29 is 4.74 Å². The summed E-state index contributed by atoms with van der Waals surface area (Å²) in [7, 11) is 0. The van der Waals surface area contributed by atoms with E-state index in [1.807, 2.05) is 18.2 Å². The molecular formula is C11H16O. The number of hydrogen-bond donors (Lipinski definition) is 0. The second kappa shape index (κ2) is 4.81. The minimum absolute atomic E-state index is 0.802. The molecule has 66 valence electrons. The molecule has 0 fully saturated rings. The predicted octanol–water partition coefficient (Wildman–Crippen LogP) is 3.39. The lowest BCUT2D eigenvalue weighted by Gasteiger charge is -2.18. The average Bonchev–Trinajstić information content (AvgIpc) is 2.08. The van der Waals surface area contributed by atoms with Crippen LogP contribution >= 0.6 is 0 Å². The third-order valence-electron chi connectivity index (χ3n) is 1.86. The van der Waals surface area contributed by atoms with Crippen LogP contribution in [0.5, 0.6) is 5.75 Å². The topological polar surface area (TPSA) is 9.23 Å². The molecule has 0 unspecified atom stereocenters. The molecule has 1 aromatic carbocycles. The fraction of sp³-hybridized carbons (Fsp3) is 0.455. The van der Waals surface area contributed by atoms with Gasteiger partial charge >= 0.3 is 0 Å². The number of hydrogen-bond acceptors (Lipinski definition) is 1. The van der Waals surface area contributed by atoms with E-state index in [1.165, 1.54) is 18.4 Å². The number of rotatable bonds is 1. The average molecular weight is 164 g/mol. The van der Waals surface area contributed by atoms with Crippen molar-refractivity contribution in [1.29, 1.82) is 0 Å². The second-order valence-corrected chi connectivity index (χ2v) is 2.90. The summed E-state index contributed by atoms with van der Waals surface area (Å²) >= 11 is 0. The highest BCUT2D eigenvalue weighted by Crippen LogP contribution is 2.27. The molecule has 0 radical (unpaired) electrons. The van der Waals surface area contributed by atoms with Crippen LogP contribution in [0.2, 0.25) is 0 Å². The van der Waals surface area contributed by atoms with Crippen LogP contribution in [0.15, 0.2) is 24.3 Å². The van der Waals surface area contributed by atoms with Gasteiger partial charge < -0.3 is 4.74 Å². The van der Waals surface area contributed by atoms with Crippen LogP contribution in [-0.4, -0.2) is 0 Å². The van der Waals surface area contributed by atoms with Crippen molar-refractivity contribution in [3.05, 3.63) is 29.8 Å². The zero-order valence-electron chi connectivity index (χ0n) is 7.84. The molecule has 1 aromatic rings. The van der Waals surface area contributed by atoms with E-state index in [-0.39, 0.29) is 0 Å². The Morgan fingerprint density at radius 3 is 2.08 bits per heavy atom. The molecule has 0 aliphatic carbocycles. The van der Waals surface area contributed by atoms with E-state index >= 15 is 0 Å². The van der Waals surface area contributed by atoms with E-state index in [0.717, 1.165) is 12.4 Å². The van der Waals surface area contributed by atoms with Crippen molar-refractivity contribution >= 4 is 0 Å². The van der Waals surface area contributed by atoms with Gasteiger partial charge in [-0.1, -0.05) is 44.9 Å². The molecule has 1 nitrogen and oxygen atoms in total. The Kier molecular flexibility index (Phi) is 3.65. The largest absolute Gasteiger partial charge is 0.488 e. The molecule has 1 heteroatoms. The van der Waals surface area contributed by atoms with Gasteiger partial charge in [-0.2, -0.15) is 0 Å². The third kappa shape index (κ3) is 2.26. The molecule has 1 aliphatic rings. The Labute approximate surface area is 74.4 Å². The summed E-state index contributed by atoms with van der Waals surface area (Å²) in [5.41, 5.74) is 1.33. The van der Waals surface area contributed by atoms with Gasteiger partial charge in [0.25, 0.3) is 0 Å². The zero-order valence-corrected chi connectivity index (χ0v) is 7.84. The maximum absolute atomic E-state index is 5.08. The highest BCUT2D eigenvalue weighted by atomic mass is 16.5. The Balaban J connectivity index is 0.000000157. The van der Waals surface area contributed by atoms with Crippen LogP contribution < -0.4 is 4.74 Å². The smallest absolute Gasteiger partial charge is 0.126 e. The second-order valence-electron chi connectivity index (χ2n) is 2.90. The van der Waals surface area contributed by atoms with E-state index in [9.17, 15) is 0 Å². The quantitative estimate of drug-likeness (QED) is 0.618. The van der Waals surface area contributed by atoms with Crippen LogP contribution in [0, 0.1) is 0 Å². The molecule has 0 saturated carbocycles. The van der Waals surface area contributed by atoms with Crippen molar-refractivity contribution in [2.24, 2.45) is 0 Å². The van der Waals surface area contributed by atoms with E-state index < -0.39 is 0 Å². The first-order valence-electron chi connectivity index (χ1n) is 4.59. The molecule has 0 aromatic heterocycles. The fourth-order valence-corrected chi connectivity index (χ4v) is 0.839. The SMILES string of the molecule is CCCC.c1ccc2c(c1)CO2. The van der Waals surface area contributed by atoms with Gasteiger partial charge in [0.05, 0.1) is 0 Å². The van der Waals surface area contributed by atoms with E-state index in [1.54, 1.807) is 0 Å². The van der Waals surface area contributed by atoms with Gasteiger partial charge in [0.15, 0.2) is 0 Å². The summed E-state index contributed by atoms with van der Waals surface area (Å²) in [4.78, 5) is 0. The van der Waals surface area contributed by atoms with E-state index in [2.05, 4.69) is 19.9 Å². The van der Waals surface area contributed by atoms with Gasteiger partial charge in [-0.15, -0.1) is 0 Å². The Hall–Kier alpha value is -0.980. The number of fused-ring (bicyclic) bond motifs is 1. The predicted molar refractivity (Wildman–Crippen MR) is 51.4 cm³/mol. The van der Waals surface area contributed by atoms with Crippen LogP contribution in [0.4, 0.5) is 0 Å². The van der Waals surface area contributed by atoms with Gasteiger partial charge in [0, 0.05) is 5.56 Å². The Morgan fingerprint density at radius 2 is 1.83 bits per heavy atom. The van der Waals surface area contributed by atoms with Crippen LogP contribution in [0.3, 0.4) is 0 Å². The Bertz CT molecular complexity index is 205. The highest BCUT2D eigenvalue weighted by molar-refractivity contribution is 5.37. The van der Waals surface area contributed by atoms with Crippen molar-refractivity contribution in [3.63, 3.8) is 0 Å². The number of benzene rings is 1. The molecule has 0 spiro atoms. The van der Waals surface area contributed by atoms with Crippen LogP contribution in [0.25, 0.3) is 0 Å². The van der Waals surface area contributed by atoms with Crippen molar-refractivity contribution in [2.45, 2.75) is 33.3 Å².